The summed E-state index contributed by atoms with van der Waals surface area (Å²) in [6.07, 6.45) is 5.95. The third-order valence-corrected chi connectivity index (χ3v) is 3.97. The molecule has 5 nitrogen and oxygen atoms in total. The van der Waals surface area contributed by atoms with Crippen LogP contribution in [-0.4, -0.2) is 21.2 Å². The van der Waals surface area contributed by atoms with Gasteiger partial charge in [-0.1, -0.05) is 13.0 Å². The Hall–Kier alpha value is -2.34. The van der Waals surface area contributed by atoms with E-state index in [1.807, 2.05) is 18.2 Å². The van der Waals surface area contributed by atoms with Crippen LogP contribution in [0.15, 0.2) is 41.9 Å². The molecule has 0 unspecified atom stereocenters. The number of nitrogens with zero attached hydrogens (tertiary/aromatic N) is 4. The van der Waals surface area contributed by atoms with E-state index in [0.29, 0.717) is 0 Å². The molecule has 0 spiro atoms. The van der Waals surface area contributed by atoms with Crippen molar-refractivity contribution in [1.82, 2.24) is 15.0 Å². The minimum atomic E-state index is 0.720. The van der Waals surface area contributed by atoms with Crippen molar-refractivity contribution >= 4 is 33.6 Å². The molecule has 0 radical (unpaired) electrons. The zero-order chi connectivity index (χ0) is 13.8. The zero-order valence-electron chi connectivity index (χ0n) is 10.9. The lowest BCUT2D eigenvalue weighted by Crippen LogP contribution is -1.95. The minimum absolute atomic E-state index is 0.720. The summed E-state index contributed by atoms with van der Waals surface area (Å²) in [5.74, 6) is 0.720. The predicted molar refractivity (Wildman–Crippen MR) is 82.2 cm³/mol. The number of aryl methyl sites for hydroxylation is 1. The Morgan fingerprint density at radius 2 is 2.25 bits per heavy atom. The summed E-state index contributed by atoms with van der Waals surface area (Å²) < 4.78 is 0. The summed E-state index contributed by atoms with van der Waals surface area (Å²) in [7, 11) is 0. The van der Waals surface area contributed by atoms with E-state index in [1.54, 1.807) is 30.1 Å². The van der Waals surface area contributed by atoms with Crippen molar-refractivity contribution in [3.8, 4) is 0 Å². The number of hydrazone groups is 1. The first-order valence-electron chi connectivity index (χ1n) is 6.30. The molecule has 100 valence electrons. The molecule has 0 aliphatic rings. The lowest BCUT2D eigenvalue weighted by molar-refractivity contribution is 1.18. The number of thiophene rings is 1. The number of rotatable bonds is 4. The first-order chi connectivity index (χ1) is 9.86. The highest BCUT2D eigenvalue weighted by molar-refractivity contribution is 7.18. The van der Waals surface area contributed by atoms with Gasteiger partial charge in [-0.2, -0.15) is 5.10 Å². The molecule has 0 saturated heterocycles. The number of hydrogen-bond acceptors (Lipinski definition) is 6. The third-order valence-electron chi connectivity index (χ3n) is 2.78. The largest absolute Gasteiger partial charge is 0.261 e. The smallest absolute Gasteiger partial charge is 0.158 e. The number of nitrogens with one attached hydrogen (secondary N) is 1. The molecular formula is C14H13N5S. The first kappa shape index (κ1) is 12.7. The fourth-order valence-electron chi connectivity index (χ4n) is 1.78. The Kier molecular flexibility index (Phi) is 3.64. The van der Waals surface area contributed by atoms with Crippen LogP contribution in [0, 0.1) is 0 Å². The maximum atomic E-state index is 4.28. The van der Waals surface area contributed by atoms with Crippen LogP contribution in [-0.2, 0) is 6.42 Å². The Morgan fingerprint density at radius 1 is 1.30 bits per heavy atom. The molecule has 3 aromatic heterocycles. The quantitative estimate of drug-likeness (QED) is 0.590. The summed E-state index contributed by atoms with van der Waals surface area (Å²) >= 11 is 1.69. The molecule has 0 aromatic carbocycles. The van der Waals surface area contributed by atoms with Gasteiger partial charge in [0.1, 0.15) is 11.2 Å². The molecule has 3 heterocycles. The zero-order valence-corrected chi connectivity index (χ0v) is 11.8. The van der Waals surface area contributed by atoms with E-state index in [9.17, 15) is 0 Å². The van der Waals surface area contributed by atoms with E-state index < -0.39 is 0 Å². The summed E-state index contributed by atoms with van der Waals surface area (Å²) in [4.78, 5) is 15.0. The van der Waals surface area contributed by atoms with Gasteiger partial charge in [-0.15, -0.1) is 11.3 Å². The Labute approximate surface area is 120 Å². The van der Waals surface area contributed by atoms with Crippen molar-refractivity contribution in [2.45, 2.75) is 13.3 Å². The molecule has 0 saturated carbocycles. The highest BCUT2D eigenvalue weighted by Gasteiger charge is 2.06. The Bertz CT molecular complexity index is 736. The van der Waals surface area contributed by atoms with Crippen molar-refractivity contribution in [1.29, 1.82) is 0 Å². The van der Waals surface area contributed by atoms with Gasteiger partial charge in [0.25, 0.3) is 0 Å². The second-order valence-electron chi connectivity index (χ2n) is 4.13. The standard InChI is InChI=1S/C14H13N5S/c1-2-11-7-12-13(16-9-17-14(12)20-11)19-18-8-10-5-3-4-6-15-10/h3-9H,2H2,1H3,(H,16,17,19)/b18-8-. The molecule has 0 aliphatic carbocycles. The second-order valence-corrected chi connectivity index (χ2v) is 5.25. The molecule has 6 heteroatoms. The van der Waals surface area contributed by atoms with Gasteiger partial charge in [0.2, 0.25) is 0 Å². The monoisotopic (exact) mass is 283 g/mol. The van der Waals surface area contributed by atoms with Gasteiger partial charge in [0.15, 0.2) is 5.82 Å². The summed E-state index contributed by atoms with van der Waals surface area (Å²) in [5, 5.41) is 5.18. The topological polar surface area (TPSA) is 63.1 Å². The SMILES string of the molecule is CCc1cc2c(N/N=C\c3ccccn3)ncnc2s1. The van der Waals surface area contributed by atoms with E-state index in [1.165, 1.54) is 4.88 Å². The molecule has 0 amide bonds. The average Bonchev–Trinajstić information content (AvgIpc) is 2.92. The predicted octanol–water partition coefficient (Wildman–Crippen LogP) is 3.09. The fraction of sp³-hybridized carbons (Fsp3) is 0.143. The molecule has 3 aromatic rings. The van der Waals surface area contributed by atoms with Gasteiger partial charge in [0.05, 0.1) is 17.3 Å². The van der Waals surface area contributed by atoms with Crippen LogP contribution in [0.3, 0.4) is 0 Å². The number of fused-ring (bicyclic) bond motifs is 1. The van der Waals surface area contributed by atoms with Crippen molar-refractivity contribution in [2.24, 2.45) is 5.10 Å². The van der Waals surface area contributed by atoms with Crippen molar-refractivity contribution in [3.05, 3.63) is 47.4 Å². The molecule has 1 N–H and O–H groups in total. The summed E-state index contributed by atoms with van der Waals surface area (Å²) in [6, 6.07) is 7.79. The summed E-state index contributed by atoms with van der Waals surface area (Å²) in [5.41, 5.74) is 3.75. The maximum Gasteiger partial charge on any atom is 0.158 e. The number of anilines is 1. The fourth-order valence-corrected chi connectivity index (χ4v) is 2.72. The van der Waals surface area contributed by atoms with E-state index in [0.717, 1.165) is 28.1 Å². The molecule has 20 heavy (non-hydrogen) atoms. The van der Waals surface area contributed by atoms with Crippen molar-refractivity contribution < 1.29 is 0 Å². The average molecular weight is 283 g/mol. The number of hydrogen-bond donors (Lipinski definition) is 1. The van der Waals surface area contributed by atoms with E-state index >= 15 is 0 Å². The van der Waals surface area contributed by atoms with Gasteiger partial charge in [-0.05, 0) is 24.6 Å². The molecule has 0 aliphatic heterocycles. The normalized spacial score (nSPS) is 11.2. The van der Waals surface area contributed by atoms with Crippen LogP contribution >= 0.6 is 11.3 Å². The van der Waals surface area contributed by atoms with Crippen LogP contribution in [0.1, 0.15) is 17.5 Å². The van der Waals surface area contributed by atoms with Crippen molar-refractivity contribution in [2.75, 3.05) is 5.43 Å². The van der Waals surface area contributed by atoms with Gasteiger partial charge in [-0.25, -0.2) is 9.97 Å². The van der Waals surface area contributed by atoms with Crippen molar-refractivity contribution in [3.63, 3.8) is 0 Å². The third kappa shape index (κ3) is 2.65. The van der Waals surface area contributed by atoms with Gasteiger partial charge in [-0.3, -0.25) is 10.4 Å². The van der Waals surface area contributed by atoms with E-state index in [-0.39, 0.29) is 0 Å². The molecule has 0 bridgehead atoms. The lowest BCUT2D eigenvalue weighted by atomic mass is 10.3. The first-order valence-corrected chi connectivity index (χ1v) is 7.12. The Morgan fingerprint density at radius 3 is 3.05 bits per heavy atom. The number of aromatic nitrogens is 3. The molecule has 0 fully saturated rings. The van der Waals surface area contributed by atoms with Gasteiger partial charge in [0, 0.05) is 11.1 Å². The lowest BCUT2D eigenvalue weighted by Gasteiger charge is -1.99. The highest BCUT2D eigenvalue weighted by Crippen LogP contribution is 2.28. The van der Waals surface area contributed by atoms with Gasteiger partial charge >= 0.3 is 0 Å². The van der Waals surface area contributed by atoms with Crippen LogP contribution in [0.4, 0.5) is 5.82 Å². The highest BCUT2D eigenvalue weighted by atomic mass is 32.1. The minimum Gasteiger partial charge on any atom is -0.261 e. The molecule has 3 rings (SSSR count). The van der Waals surface area contributed by atoms with E-state index in [4.69, 9.17) is 0 Å². The van der Waals surface area contributed by atoms with Crippen LogP contribution in [0.5, 0.6) is 0 Å². The van der Waals surface area contributed by atoms with Crippen LogP contribution < -0.4 is 5.43 Å². The molecular weight excluding hydrogens is 270 g/mol. The summed E-state index contributed by atoms with van der Waals surface area (Å²) in [6.45, 7) is 2.13. The van der Waals surface area contributed by atoms with Gasteiger partial charge < -0.3 is 0 Å². The van der Waals surface area contributed by atoms with Crippen LogP contribution in [0.2, 0.25) is 0 Å². The second kappa shape index (κ2) is 5.75. The number of pyridine rings is 1. The van der Waals surface area contributed by atoms with Crippen LogP contribution in [0.25, 0.3) is 10.2 Å². The van der Waals surface area contributed by atoms with E-state index in [2.05, 4.69) is 38.5 Å². The Balaban J connectivity index is 1.84. The maximum absolute atomic E-state index is 4.28. The molecule has 0 atom stereocenters.